The molecule has 1 atom stereocenters. The molecule has 0 fully saturated rings. The lowest BCUT2D eigenvalue weighted by Gasteiger charge is -2.25. The van der Waals surface area contributed by atoms with Gasteiger partial charge < -0.3 is 9.47 Å². The Morgan fingerprint density at radius 3 is 2.25 bits per heavy atom. The van der Waals surface area contributed by atoms with Crippen molar-refractivity contribution in [2.75, 3.05) is 26.4 Å². The molecular weight excluding hydrogens is 252 g/mol. The van der Waals surface area contributed by atoms with Crippen molar-refractivity contribution in [2.24, 2.45) is 5.92 Å². The maximum atomic E-state index is 9.22. The van der Waals surface area contributed by atoms with E-state index in [-0.39, 0.29) is 0 Å². The van der Waals surface area contributed by atoms with Crippen molar-refractivity contribution in [1.82, 2.24) is 5.32 Å². The van der Waals surface area contributed by atoms with Gasteiger partial charge in [0.05, 0.1) is 19.3 Å². The van der Waals surface area contributed by atoms with Crippen LogP contribution in [0.2, 0.25) is 0 Å². The molecule has 0 aromatic carbocycles. The highest BCUT2D eigenvalue weighted by atomic mass is 16.5. The van der Waals surface area contributed by atoms with Gasteiger partial charge in [-0.3, -0.25) is 5.32 Å². The summed E-state index contributed by atoms with van der Waals surface area (Å²) in [5.41, 5.74) is -0.422. The lowest BCUT2D eigenvalue weighted by molar-refractivity contribution is 0.0363. The Balaban J connectivity index is 3.49. The number of nitrogens with zero attached hydrogens (tertiary/aromatic N) is 1. The summed E-state index contributed by atoms with van der Waals surface area (Å²) in [5, 5.41) is 12.5. The fourth-order valence-corrected chi connectivity index (χ4v) is 2.02. The van der Waals surface area contributed by atoms with E-state index in [0.717, 1.165) is 32.5 Å². The molecule has 0 aromatic rings. The number of ether oxygens (including phenoxy) is 2. The summed E-state index contributed by atoms with van der Waals surface area (Å²) in [6, 6.07) is 2.69. The molecule has 0 aromatic heterocycles. The van der Waals surface area contributed by atoms with Crippen LogP contribution in [-0.2, 0) is 9.47 Å². The zero-order chi connectivity index (χ0) is 15.4. The molecular formula is C16H32N2O2. The van der Waals surface area contributed by atoms with E-state index in [9.17, 15) is 5.26 Å². The third-order valence-corrected chi connectivity index (χ3v) is 2.89. The zero-order valence-electron chi connectivity index (χ0n) is 13.9. The van der Waals surface area contributed by atoms with Crippen LogP contribution in [0.4, 0.5) is 0 Å². The van der Waals surface area contributed by atoms with E-state index in [1.807, 2.05) is 6.92 Å². The van der Waals surface area contributed by atoms with E-state index in [1.54, 1.807) is 0 Å². The Kier molecular flexibility index (Phi) is 10.7. The van der Waals surface area contributed by atoms with E-state index in [2.05, 4.69) is 39.1 Å². The molecule has 118 valence electrons. The van der Waals surface area contributed by atoms with Crippen LogP contribution in [0.15, 0.2) is 0 Å². The predicted octanol–water partition coefficient (Wildman–Crippen LogP) is 3.13. The summed E-state index contributed by atoms with van der Waals surface area (Å²) < 4.78 is 11.0. The first-order valence-corrected chi connectivity index (χ1v) is 7.74. The van der Waals surface area contributed by atoms with Crippen LogP contribution in [0.1, 0.15) is 53.9 Å². The Morgan fingerprint density at radius 2 is 1.70 bits per heavy atom. The molecule has 0 rings (SSSR count). The first kappa shape index (κ1) is 19.4. The number of rotatable bonds is 12. The molecule has 1 unspecified atom stereocenters. The van der Waals surface area contributed by atoms with Crippen LogP contribution in [0.5, 0.6) is 0 Å². The lowest BCUT2D eigenvalue weighted by atomic mass is 9.96. The normalized spacial score (nSPS) is 14.5. The molecule has 20 heavy (non-hydrogen) atoms. The molecule has 0 aliphatic rings. The van der Waals surface area contributed by atoms with Gasteiger partial charge in [-0.15, -0.1) is 0 Å². The van der Waals surface area contributed by atoms with Gasteiger partial charge >= 0.3 is 0 Å². The summed E-state index contributed by atoms with van der Waals surface area (Å²) in [5.74, 6) is 0.576. The predicted molar refractivity (Wildman–Crippen MR) is 82.6 cm³/mol. The van der Waals surface area contributed by atoms with Gasteiger partial charge in [0, 0.05) is 19.3 Å². The van der Waals surface area contributed by atoms with Crippen molar-refractivity contribution >= 4 is 0 Å². The Hall–Kier alpha value is -0.630. The molecule has 0 heterocycles. The minimum absolute atomic E-state index is 0.328. The number of hydrogen-bond acceptors (Lipinski definition) is 4. The van der Waals surface area contributed by atoms with Crippen LogP contribution >= 0.6 is 0 Å². The highest BCUT2D eigenvalue weighted by Crippen LogP contribution is 2.13. The summed E-state index contributed by atoms with van der Waals surface area (Å²) >= 11 is 0. The molecule has 1 N–H and O–H groups in total. The first-order chi connectivity index (χ1) is 9.39. The molecule has 0 aliphatic carbocycles. The summed E-state index contributed by atoms with van der Waals surface area (Å²) in [4.78, 5) is 0. The largest absolute Gasteiger partial charge is 0.379 e. The van der Waals surface area contributed by atoms with Crippen molar-refractivity contribution in [3.8, 4) is 6.07 Å². The lowest BCUT2D eigenvalue weighted by Crippen LogP contribution is -2.44. The van der Waals surface area contributed by atoms with Gasteiger partial charge in [-0.1, -0.05) is 13.8 Å². The Bertz CT molecular complexity index is 274. The van der Waals surface area contributed by atoms with Gasteiger partial charge in [0.25, 0.3) is 0 Å². The minimum Gasteiger partial charge on any atom is -0.379 e. The zero-order valence-corrected chi connectivity index (χ0v) is 13.9. The molecule has 4 heteroatoms. The van der Waals surface area contributed by atoms with Gasteiger partial charge in [-0.05, 0) is 46.0 Å². The Labute approximate surface area is 124 Å². The van der Waals surface area contributed by atoms with E-state index in [1.165, 1.54) is 0 Å². The molecule has 0 saturated heterocycles. The molecule has 0 saturated carbocycles. The van der Waals surface area contributed by atoms with Crippen LogP contribution in [0.25, 0.3) is 0 Å². The maximum absolute atomic E-state index is 9.22. The molecule has 0 radical (unpaired) electrons. The summed E-state index contributed by atoms with van der Waals surface area (Å²) in [7, 11) is 0. The second-order valence-electron chi connectivity index (χ2n) is 6.28. The van der Waals surface area contributed by atoms with E-state index < -0.39 is 5.54 Å². The fourth-order valence-electron chi connectivity index (χ4n) is 2.02. The third kappa shape index (κ3) is 11.2. The second-order valence-corrected chi connectivity index (χ2v) is 6.28. The molecule has 0 aliphatic heterocycles. The first-order valence-electron chi connectivity index (χ1n) is 7.74. The van der Waals surface area contributed by atoms with Crippen molar-refractivity contribution in [3.63, 3.8) is 0 Å². The van der Waals surface area contributed by atoms with Crippen LogP contribution in [-0.4, -0.2) is 38.0 Å². The average molecular weight is 284 g/mol. The van der Waals surface area contributed by atoms with E-state index >= 15 is 0 Å². The molecule has 0 bridgehead atoms. The number of nitriles is 1. The van der Waals surface area contributed by atoms with Crippen molar-refractivity contribution in [3.05, 3.63) is 0 Å². The summed E-state index contributed by atoms with van der Waals surface area (Å²) in [6.45, 7) is 13.2. The molecule has 0 amide bonds. The SMILES string of the molecule is CC(C)COCCOCCCCC(C)(C#N)NC(C)C. The quantitative estimate of drug-likeness (QED) is 0.559. The van der Waals surface area contributed by atoms with Gasteiger partial charge in [-0.2, -0.15) is 5.26 Å². The highest BCUT2D eigenvalue weighted by Gasteiger charge is 2.23. The van der Waals surface area contributed by atoms with E-state index in [0.29, 0.717) is 25.2 Å². The van der Waals surface area contributed by atoms with Crippen molar-refractivity contribution < 1.29 is 9.47 Å². The van der Waals surface area contributed by atoms with Crippen molar-refractivity contribution in [1.29, 1.82) is 5.26 Å². The number of hydrogen-bond donors (Lipinski definition) is 1. The van der Waals surface area contributed by atoms with Gasteiger partial charge in [0.2, 0.25) is 0 Å². The molecule has 0 spiro atoms. The maximum Gasteiger partial charge on any atom is 0.104 e. The third-order valence-electron chi connectivity index (χ3n) is 2.89. The highest BCUT2D eigenvalue weighted by molar-refractivity contribution is 5.04. The van der Waals surface area contributed by atoms with Gasteiger partial charge in [0.15, 0.2) is 0 Å². The fraction of sp³-hybridized carbons (Fsp3) is 0.938. The topological polar surface area (TPSA) is 54.3 Å². The molecule has 4 nitrogen and oxygen atoms in total. The van der Waals surface area contributed by atoms with Crippen molar-refractivity contribution in [2.45, 2.75) is 65.5 Å². The van der Waals surface area contributed by atoms with Crippen LogP contribution in [0, 0.1) is 17.2 Å². The Morgan fingerprint density at radius 1 is 1.05 bits per heavy atom. The van der Waals surface area contributed by atoms with Crippen LogP contribution in [0.3, 0.4) is 0 Å². The average Bonchev–Trinajstić information content (AvgIpc) is 2.35. The monoisotopic (exact) mass is 284 g/mol. The minimum atomic E-state index is -0.422. The van der Waals surface area contributed by atoms with E-state index in [4.69, 9.17) is 9.47 Å². The number of nitrogens with one attached hydrogen (secondary N) is 1. The standard InChI is InChI=1S/C16H32N2O2/c1-14(2)12-20-11-10-19-9-7-6-8-16(5,13-17)18-15(3)4/h14-15,18H,6-12H2,1-5H3. The number of unbranched alkanes of at least 4 members (excludes halogenated alkanes) is 1. The second kappa shape index (κ2) is 11.1. The summed E-state index contributed by atoms with van der Waals surface area (Å²) in [6.07, 6.45) is 2.84. The van der Waals surface area contributed by atoms with Gasteiger partial charge in [-0.25, -0.2) is 0 Å². The van der Waals surface area contributed by atoms with Crippen LogP contribution < -0.4 is 5.32 Å². The smallest absolute Gasteiger partial charge is 0.104 e. The van der Waals surface area contributed by atoms with Gasteiger partial charge in [0.1, 0.15) is 5.54 Å².